The van der Waals surface area contributed by atoms with E-state index in [0.717, 1.165) is 50.8 Å². The van der Waals surface area contributed by atoms with Gasteiger partial charge in [0.25, 0.3) is 5.91 Å². The Morgan fingerprint density at radius 1 is 1.17 bits per heavy atom. The molecule has 4 aliphatic carbocycles. The second-order valence-corrected chi connectivity index (χ2v) is 9.81. The molecule has 3 heterocycles. The molecular weight excluding hydrogens is 382 g/mol. The summed E-state index contributed by atoms with van der Waals surface area (Å²) in [5.41, 5.74) is 0.0732. The van der Waals surface area contributed by atoms with Crippen LogP contribution >= 0.6 is 0 Å². The van der Waals surface area contributed by atoms with E-state index in [-0.39, 0.29) is 18.0 Å². The van der Waals surface area contributed by atoms with Gasteiger partial charge in [0.2, 0.25) is 0 Å². The molecule has 1 aliphatic heterocycles. The summed E-state index contributed by atoms with van der Waals surface area (Å²) in [5, 5.41) is 23.2. The molecular formula is C22H29N5O3. The molecule has 4 bridgehead atoms. The summed E-state index contributed by atoms with van der Waals surface area (Å²) in [6.07, 6.45) is 11.9. The lowest BCUT2D eigenvalue weighted by molar-refractivity contribution is -0.136. The number of rotatable bonds is 4. The molecule has 0 radical (unpaired) electrons. The molecule has 0 spiro atoms. The van der Waals surface area contributed by atoms with Crippen LogP contribution in [0.25, 0.3) is 5.82 Å². The summed E-state index contributed by atoms with van der Waals surface area (Å²) >= 11 is 0. The monoisotopic (exact) mass is 411 g/mol. The molecule has 2 aromatic rings. The van der Waals surface area contributed by atoms with Gasteiger partial charge < -0.3 is 15.2 Å². The highest BCUT2D eigenvalue weighted by atomic mass is 16.5. The number of hydrogen-bond acceptors (Lipinski definition) is 5. The summed E-state index contributed by atoms with van der Waals surface area (Å²) < 4.78 is 9.20. The molecule has 7 rings (SSSR count). The Morgan fingerprint density at radius 2 is 1.93 bits per heavy atom. The minimum absolute atomic E-state index is 0.0803. The standard InChI is InChI=1S/C22H29N5O3/c28-20(25-19-15-8-14-9-16(19)12-22(29,10-14)11-15)18-13-24-27(17-2-6-30-7-3-17)21(18)26-5-1-4-23-26/h1,4-5,13-17,19,29H,2-3,6-12H2,(H,25,28). The van der Waals surface area contributed by atoms with E-state index in [9.17, 15) is 9.90 Å². The second kappa shape index (κ2) is 6.92. The zero-order chi connectivity index (χ0) is 20.3. The predicted molar refractivity (Wildman–Crippen MR) is 108 cm³/mol. The first-order valence-electron chi connectivity index (χ1n) is 11.3. The fourth-order valence-electron chi connectivity index (χ4n) is 6.78. The third kappa shape index (κ3) is 3.00. The number of amides is 1. The van der Waals surface area contributed by atoms with E-state index >= 15 is 0 Å². The van der Waals surface area contributed by atoms with Crippen molar-refractivity contribution in [3.8, 4) is 5.82 Å². The third-order valence-corrected chi connectivity index (χ3v) is 7.81. The normalized spacial score (nSPS) is 35.6. The maximum Gasteiger partial charge on any atom is 0.256 e. The molecule has 5 fully saturated rings. The SMILES string of the molecule is O=C(NC1C2CC3CC1CC(O)(C3)C2)c1cnn(C2CCOCC2)c1-n1cccn1. The van der Waals surface area contributed by atoms with Crippen molar-refractivity contribution in [1.29, 1.82) is 0 Å². The fraction of sp³-hybridized carbons (Fsp3) is 0.682. The summed E-state index contributed by atoms with van der Waals surface area (Å²) in [6, 6.07) is 2.21. The van der Waals surface area contributed by atoms with Gasteiger partial charge in [-0.25, -0.2) is 9.36 Å². The first kappa shape index (κ1) is 18.6. The number of aliphatic hydroxyl groups is 1. The highest BCUT2D eigenvalue weighted by Crippen LogP contribution is 2.55. The summed E-state index contributed by atoms with van der Waals surface area (Å²) in [6.45, 7) is 1.42. The molecule has 30 heavy (non-hydrogen) atoms. The van der Waals surface area contributed by atoms with Gasteiger partial charge in [0.05, 0.1) is 17.8 Å². The van der Waals surface area contributed by atoms with Gasteiger partial charge in [-0.3, -0.25) is 4.79 Å². The molecule has 4 saturated carbocycles. The van der Waals surface area contributed by atoms with E-state index in [2.05, 4.69) is 15.5 Å². The van der Waals surface area contributed by atoms with Crippen LogP contribution in [0.1, 0.15) is 61.3 Å². The maximum atomic E-state index is 13.4. The first-order chi connectivity index (χ1) is 14.6. The van der Waals surface area contributed by atoms with E-state index in [4.69, 9.17) is 4.74 Å². The Balaban J connectivity index is 1.29. The maximum absolute atomic E-state index is 13.4. The van der Waals surface area contributed by atoms with Crippen LogP contribution in [-0.4, -0.2) is 55.4 Å². The van der Waals surface area contributed by atoms with Crippen LogP contribution in [0.5, 0.6) is 0 Å². The zero-order valence-corrected chi connectivity index (χ0v) is 17.1. The topological polar surface area (TPSA) is 94.2 Å². The van der Waals surface area contributed by atoms with E-state index in [0.29, 0.717) is 36.5 Å². The highest BCUT2D eigenvalue weighted by molar-refractivity contribution is 5.97. The average Bonchev–Trinajstić information content (AvgIpc) is 3.39. The average molecular weight is 412 g/mol. The van der Waals surface area contributed by atoms with Gasteiger partial charge in [0.15, 0.2) is 5.82 Å². The van der Waals surface area contributed by atoms with Crippen LogP contribution in [0, 0.1) is 17.8 Å². The number of nitrogens with one attached hydrogen (secondary N) is 1. The Hall–Kier alpha value is -2.19. The smallest absolute Gasteiger partial charge is 0.256 e. The molecule has 2 N–H and O–H groups in total. The van der Waals surface area contributed by atoms with Crippen LogP contribution < -0.4 is 5.32 Å². The summed E-state index contributed by atoms with van der Waals surface area (Å²) in [4.78, 5) is 13.4. The van der Waals surface area contributed by atoms with Gasteiger partial charge in [-0.1, -0.05) is 0 Å². The molecule has 2 atom stereocenters. The molecule has 5 aliphatic rings. The van der Waals surface area contributed by atoms with Gasteiger partial charge in [-0.15, -0.1) is 0 Å². The van der Waals surface area contributed by atoms with Crippen molar-refractivity contribution in [3.63, 3.8) is 0 Å². The van der Waals surface area contributed by atoms with E-state index in [1.807, 2.05) is 16.9 Å². The first-order valence-corrected chi connectivity index (χ1v) is 11.3. The molecule has 8 heteroatoms. The van der Waals surface area contributed by atoms with Crippen LogP contribution in [0.4, 0.5) is 0 Å². The lowest BCUT2D eigenvalue weighted by atomic mass is 9.52. The van der Waals surface area contributed by atoms with Crippen molar-refractivity contribution in [3.05, 3.63) is 30.2 Å². The Labute approximate surface area is 175 Å². The third-order valence-electron chi connectivity index (χ3n) is 7.81. The van der Waals surface area contributed by atoms with E-state index in [1.165, 1.54) is 0 Å². The number of hydrogen-bond donors (Lipinski definition) is 2. The predicted octanol–water partition coefficient (Wildman–Crippen LogP) is 2.09. The van der Waals surface area contributed by atoms with Crippen LogP contribution in [0.3, 0.4) is 0 Å². The van der Waals surface area contributed by atoms with Gasteiger partial charge in [-0.05, 0) is 68.8 Å². The van der Waals surface area contributed by atoms with Crippen LogP contribution in [0.15, 0.2) is 24.7 Å². The van der Waals surface area contributed by atoms with Crippen LogP contribution in [0.2, 0.25) is 0 Å². The quantitative estimate of drug-likeness (QED) is 0.804. The van der Waals surface area contributed by atoms with Gasteiger partial charge in [0.1, 0.15) is 5.56 Å². The minimum Gasteiger partial charge on any atom is -0.390 e. The summed E-state index contributed by atoms with van der Waals surface area (Å²) in [5.74, 6) is 2.03. The van der Waals surface area contributed by atoms with Crippen molar-refractivity contribution in [2.24, 2.45) is 17.8 Å². The van der Waals surface area contributed by atoms with Gasteiger partial charge in [-0.2, -0.15) is 10.2 Å². The van der Waals surface area contributed by atoms with Crippen molar-refractivity contribution in [2.75, 3.05) is 13.2 Å². The Kier molecular flexibility index (Phi) is 4.28. The number of aromatic nitrogens is 4. The molecule has 1 amide bonds. The molecule has 8 nitrogen and oxygen atoms in total. The number of ether oxygens (including phenoxy) is 1. The molecule has 1 saturated heterocycles. The summed E-state index contributed by atoms with van der Waals surface area (Å²) in [7, 11) is 0. The number of carbonyl (C=O) groups is 1. The largest absolute Gasteiger partial charge is 0.390 e. The molecule has 160 valence electrons. The van der Waals surface area contributed by atoms with Crippen molar-refractivity contribution >= 4 is 5.91 Å². The molecule has 2 aromatic heterocycles. The van der Waals surface area contributed by atoms with Gasteiger partial charge in [0, 0.05) is 31.6 Å². The lowest BCUT2D eigenvalue weighted by Crippen LogP contribution is -2.61. The van der Waals surface area contributed by atoms with Crippen molar-refractivity contribution in [2.45, 2.75) is 62.6 Å². The van der Waals surface area contributed by atoms with Crippen molar-refractivity contribution < 1.29 is 14.6 Å². The van der Waals surface area contributed by atoms with Crippen molar-refractivity contribution in [1.82, 2.24) is 24.9 Å². The van der Waals surface area contributed by atoms with Crippen LogP contribution in [-0.2, 0) is 4.74 Å². The molecule has 2 unspecified atom stereocenters. The van der Waals surface area contributed by atoms with E-state index < -0.39 is 5.60 Å². The lowest BCUT2D eigenvalue weighted by Gasteiger charge is -2.58. The highest BCUT2D eigenvalue weighted by Gasteiger charge is 2.55. The number of nitrogens with zero attached hydrogens (tertiary/aromatic N) is 4. The second-order valence-electron chi connectivity index (χ2n) is 9.81. The molecule has 0 aromatic carbocycles. The zero-order valence-electron chi connectivity index (χ0n) is 17.1. The Morgan fingerprint density at radius 3 is 2.60 bits per heavy atom. The number of carbonyl (C=O) groups excluding carboxylic acids is 1. The minimum atomic E-state index is -0.494. The fourth-order valence-corrected chi connectivity index (χ4v) is 6.78. The Bertz CT molecular complexity index is 917. The van der Waals surface area contributed by atoms with Gasteiger partial charge >= 0.3 is 0 Å². The van der Waals surface area contributed by atoms with E-state index in [1.54, 1.807) is 17.1 Å².